The third-order valence-corrected chi connectivity index (χ3v) is 10.4. The molecule has 6 rings (SSSR count). The number of likely N-dealkylation sites (tertiary alicyclic amines) is 1. The number of benzene rings is 2. The van der Waals surface area contributed by atoms with Crippen LogP contribution in [0.4, 0.5) is 8.78 Å². The highest BCUT2D eigenvalue weighted by atomic mass is 31.2. The minimum Gasteiger partial charge on any atom is -0.340 e. The quantitative estimate of drug-likeness (QED) is 0.337. The van der Waals surface area contributed by atoms with Crippen molar-refractivity contribution in [1.82, 2.24) is 20.1 Å². The van der Waals surface area contributed by atoms with Gasteiger partial charge in [-0.1, -0.05) is 37.1 Å². The topological polar surface area (TPSA) is 140 Å². The number of amides is 3. The number of pyridine rings is 1. The van der Waals surface area contributed by atoms with Gasteiger partial charge in [0.25, 0.3) is 5.91 Å². The van der Waals surface area contributed by atoms with Crippen LogP contribution in [-0.4, -0.2) is 73.5 Å². The molecule has 3 aliphatic heterocycles. The number of nitrogens with one attached hydrogen (secondary N) is 1. The summed E-state index contributed by atoms with van der Waals surface area (Å²) >= 11 is 0. The maximum Gasteiger partial charge on any atom is 0.399 e. The van der Waals surface area contributed by atoms with Crippen molar-refractivity contribution in [3.05, 3.63) is 77.6 Å². The van der Waals surface area contributed by atoms with E-state index in [1.54, 1.807) is 17.2 Å². The zero-order valence-electron chi connectivity index (χ0n) is 24.5. The number of aromatic nitrogens is 1. The Hall–Kier alpha value is -3.73. The summed E-state index contributed by atoms with van der Waals surface area (Å²) in [5.41, 5.74) is -4.06. The van der Waals surface area contributed by atoms with Crippen LogP contribution in [0.1, 0.15) is 72.3 Å². The minimum absolute atomic E-state index is 0.0691. The molecule has 0 saturated carbocycles. The smallest absolute Gasteiger partial charge is 0.340 e. The highest BCUT2D eigenvalue weighted by Crippen LogP contribution is 2.59. The van der Waals surface area contributed by atoms with Gasteiger partial charge in [0.05, 0.1) is 0 Å². The summed E-state index contributed by atoms with van der Waals surface area (Å²) in [5.74, 6) is -0.756. The third kappa shape index (κ3) is 6.11. The normalized spacial score (nSPS) is 24.3. The third-order valence-electron chi connectivity index (χ3n) is 9.40. The molecule has 0 spiro atoms. The van der Waals surface area contributed by atoms with Gasteiger partial charge in [-0.3, -0.25) is 23.9 Å². The Morgan fingerprint density at radius 2 is 1.76 bits per heavy atom. The van der Waals surface area contributed by atoms with Crippen molar-refractivity contribution in [2.24, 2.45) is 0 Å². The van der Waals surface area contributed by atoms with Gasteiger partial charge in [0.15, 0.2) is 0 Å². The predicted octanol–water partition coefficient (Wildman–Crippen LogP) is 4.51. The molecular formula is C32H35F2N4O6P. The Bertz CT molecular complexity index is 1670. The zero-order chi connectivity index (χ0) is 31.9. The highest BCUT2D eigenvalue weighted by molar-refractivity contribution is 7.52. The predicted molar refractivity (Wildman–Crippen MR) is 161 cm³/mol. The van der Waals surface area contributed by atoms with E-state index < -0.39 is 36.8 Å². The molecule has 3 aromatic rings. The molecule has 238 valence electrons. The Labute approximate surface area is 259 Å². The van der Waals surface area contributed by atoms with Crippen LogP contribution in [0.3, 0.4) is 0 Å². The van der Waals surface area contributed by atoms with E-state index in [-0.39, 0.29) is 34.7 Å². The van der Waals surface area contributed by atoms with Crippen molar-refractivity contribution >= 4 is 36.1 Å². The molecule has 1 aromatic heterocycles. The standard InChI is InChI=1S/C32H35F2N4O6P/c33-32(34,45(42,43)44)25-10-9-20-7-8-21(16-24(20)17-25)29(39)36-27-6-2-1-5-26-11-12-28(38(26)30(27)40)31(41)37-15-13-23(19-37)22-4-3-14-35-18-22/h3-4,7-10,14,16-18,23,26-28H,1-2,5-6,11-13,15,19H2,(H,36,39)(H2,42,43,44)/t23?,26-,27-,28-/m0/s1. The number of carbonyl (C=O) groups is 3. The average Bonchev–Trinajstić information content (AvgIpc) is 3.68. The maximum absolute atomic E-state index is 14.4. The summed E-state index contributed by atoms with van der Waals surface area (Å²) in [5, 5.41) is 3.51. The lowest BCUT2D eigenvalue weighted by Gasteiger charge is -2.36. The van der Waals surface area contributed by atoms with Crippen LogP contribution in [0.15, 0.2) is 60.9 Å². The fourth-order valence-corrected chi connectivity index (χ4v) is 7.43. The van der Waals surface area contributed by atoms with Crippen molar-refractivity contribution in [1.29, 1.82) is 0 Å². The Balaban J connectivity index is 1.19. The number of rotatable bonds is 6. The van der Waals surface area contributed by atoms with Gasteiger partial charge >= 0.3 is 13.3 Å². The van der Waals surface area contributed by atoms with E-state index in [9.17, 15) is 27.7 Å². The molecule has 3 N–H and O–H groups in total. The van der Waals surface area contributed by atoms with E-state index >= 15 is 0 Å². The molecule has 1 unspecified atom stereocenters. The highest BCUT2D eigenvalue weighted by Gasteiger charge is 2.50. The Morgan fingerprint density at radius 1 is 0.978 bits per heavy atom. The van der Waals surface area contributed by atoms with Crippen LogP contribution in [0.25, 0.3) is 10.8 Å². The first-order valence-corrected chi connectivity index (χ1v) is 16.8. The number of halogens is 2. The summed E-state index contributed by atoms with van der Waals surface area (Å²) in [6, 6.07) is 9.96. The molecule has 4 atom stereocenters. The van der Waals surface area contributed by atoms with Gasteiger partial charge in [0, 0.05) is 48.6 Å². The van der Waals surface area contributed by atoms with Crippen molar-refractivity contribution < 1.29 is 37.5 Å². The van der Waals surface area contributed by atoms with Gasteiger partial charge in [-0.15, -0.1) is 0 Å². The summed E-state index contributed by atoms with van der Waals surface area (Å²) in [6.07, 6.45) is 8.41. The SMILES string of the molecule is O=C(N[C@H]1CCCC[C@H]2CC[C@@H](C(=O)N3CCC(c4cccnc4)C3)N2C1=O)c1ccc2ccc(C(F)(F)P(=O)(O)O)cc2c1. The maximum atomic E-state index is 14.4. The molecule has 0 aliphatic carbocycles. The molecule has 2 aromatic carbocycles. The monoisotopic (exact) mass is 640 g/mol. The van der Waals surface area contributed by atoms with Gasteiger partial charge in [0.1, 0.15) is 12.1 Å². The molecule has 45 heavy (non-hydrogen) atoms. The van der Waals surface area contributed by atoms with Crippen LogP contribution >= 0.6 is 7.60 Å². The summed E-state index contributed by atoms with van der Waals surface area (Å²) in [7, 11) is -5.77. The first-order chi connectivity index (χ1) is 21.4. The fourth-order valence-electron chi connectivity index (χ4n) is 6.95. The fraction of sp³-hybridized carbons (Fsp3) is 0.438. The summed E-state index contributed by atoms with van der Waals surface area (Å²) in [6.45, 7) is 1.17. The van der Waals surface area contributed by atoms with Crippen LogP contribution < -0.4 is 5.32 Å². The van der Waals surface area contributed by atoms with Crippen molar-refractivity contribution in [2.45, 2.75) is 74.7 Å². The largest absolute Gasteiger partial charge is 0.399 e. The Kier molecular flexibility index (Phi) is 8.49. The van der Waals surface area contributed by atoms with Crippen molar-refractivity contribution in [3.63, 3.8) is 0 Å². The van der Waals surface area contributed by atoms with Crippen molar-refractivity contribution in [3.8, 4) is 0 Å². The molecule has 3 amide bonds. The van der Waals surface area contributed by atoms with E-state index in [1.165, 1.54) is 18.2 Å². The first-order valence-electron chi connectivity index (χ1n) is 15.2. The molecule has 3 aliphatic rings. The van der Waals surface area contributed by atoms with Crippen molar-refractivity contribution in [2.75, 3.05) is 13.1 Å². The Morgan fingerprint density at radius 3 is 2.51 bits per heavy atom. The number of nitrogens with zero attached hydrogens (tertiary/aromatic N) is 3. The molecule has 3 fully saturated rings. The molecule has 13 heteroatoms. The van der Waals surface area contributed by atoms with Crippen LogP contribution in [0.5, 0.6) is 0 Å². The molecule has 0 bridgehead atoms. The van der Waals surface area contributed by atoms with Gasteiger partial charge in [-0.25, -0.2) is 0 Å². The number of hydrogen-bond donors (Lipinski definition) is 3. The van der Waals surface area contributed by atoms with E-state index in [0.717, 1.165) is 49.8 Å². The van der Waals surface area contributed by atoms with Crippen LogP contribution in [-0.2, 0) is 19.8 Å². The molecule has 0 radical (unpaired) electrons. The van der Waals surface area contributed by atoms with Crippen LogP contribution in [0.2, 0.25) is 0 Å². The number of carbonyl (C=O) groups excluding carboxylic acids is 3. The second-order valence-electron chi connectivity index (χ2n) is 12.2. The second-order valence-corrected chi connectivity index (χ2v) is 13.9. The molecule has 3 saturated heterocycles. The number of fused-ring (bicyclic) bond motifs is 2. The number of alkyl halides is 2. The van der Waals surface area contributed by atoms with Gasteiger partial charge in [-0.2, -0.15) is 8.78 Å². The minimum atomic E-state index is -5.77. The molecular weight excluding hydrogens is 605 g/mol. The van der Waals surface area contributed by atoms with Gasteiger partial charge in [0.2, 0.25) is 11.8 Å². The van der Waals surface area contributed by atoms with Gasteiger partial charge < -0.3 is 24.9 Å². The van der Waals surface area contributed by atoms with Gasteiger partial charge in [-0.05, 0) is 72.7 Å². The lowest BCUT2D eigenvalue weighted by atomic mass is 9.98. The number of hydrogen-bond acceptors (Lipinski definition) is 5. The second kappa shape index (κ2) is 12.2. The van der Waals surface area contributed by atoms with E-state index in [2.05, 4.69) is 10.3 Å². The summed E-state index contributed by atoms with van der Waals surface area (Å²) < 4.78 is 40.1. The molecule has 10 nitrogen and oxygen atoms in total. The summed E-state index contributed by atoms with van der Waals surface area (Å²) in [4.78, 5) is 67.2. The van der Waals surface area contributed by atoms with Crippen LogP contribution in [0, 0.1) is 0 Å². The zero-order valence-corrected chi connectivity index (χ0v) is 25.4. The van der Waals surface area contributed by atoms with E-state index in [0.29, 0.717) is 31.3 Å². The van der Waals surface area contributed by atoms with E-state index in [1.807, 2.05) is 23.2 Å². The lowest BCUT2D eigenvalue weighted by molar-refractivity contribution is -0.146. The lowest BCUT2D eigenvalue weighted by Crippen LogP contribution is -2.56. The first kappa shape index (κ1) is 31.3. The average molecular weight is 641 g/mol. The molecule has 4 heterocycles. The van der Waals surface area contributed by atoms with E-state index in [4.69, 9.17) is 9.79 Å².